The number of carbonyl (C=O) groups is 1. The van der Waals surface area contributed by atoms with Crippen molar-refractivity contribution in [1.29, 1.82) is 0 Å². The molecule has 1 aromatic heterocycles. The number of hydrogen-bond donors (Lipinski definition) is 1. The number of piperazine rings is 1. The molecule has 1 saturated heterocycles. The van der Waals surface area contributed by atoms with Gasteiger partial charge in [-0.25, -0.2) is 4.68 Å². The lowest BCUT2D eigenvalue weighted by atomic mass is 10.2. The van der Waals surface area contributed by atoms with Crippen molar-refractivity contribution in [2.24, 2.45) is 7.05 Å². The molecule has 0 aliphatic carbocycles. The molecular formula is C17H18Cl3N5O2. The highest BCUT2D eigenvalue weighted by Crippen LogP contribution is 2.29. The second kappa shape index (κ2) is 8.48. The summed E-state index contributed by atoms with van der Waals surface area (Å²) < 4.78 is 1.20. The van der Waals surface area contributed by atoms with E-state index >= 15 is 0 Å². The summed E-state index contributed by atoms with van der Waals surface area (Å²) in [5.74, 6) is -0.166. The van der Waals surface area contributed by atoms with E-state index in [-0.39, 0.29) is 23.0 Å². The highest BCUT2D eigenvalue weighted by Gasteiger charge is 2.22. The van der Waals surface area contributed by atoms with E-state index in [0.29, 0.717) is 47.6 Å². The highest BCUT2D eigenvalue weighted by molar-refractivity contribution is 6.44. The molecule has 10 heteroatoms. The van der Waals surface area contributed by atoms with Crippen molar-refractivity contribution >= 4 is 52.1 Å². The Hall–Kier alpha value is -1.80. The zero-order valence-electron chi connectivity index (χ0n) is 14.6. The molecule has 0 radical (unpaired) electrons. The standard InChI is InChI=1S/C17H18Cl3N5O2/c1-23-17(27)16(20)13(9-21-23)25-7-5-24(6-8-25)10-14(26)22-12-4-2-3-11(18)15(12)19/h2-4,9H,5-8,10H2,1H3,(H,22,26). The lowest BCUT2D eigenvalue weighted by Gasteiger charge is -2.35. The summed E-state index contributed by atoms with van der Waals surface area (Å²) >= 11 is 18.2. The number of halogens is 3. The number of aromatic nitrogens is 2. The van der Waals surface area contributed by atoms with E-state index in [9.17, 15) is 9.59 Å². The molecule has 3 rings (SSSR count). The number of nitrogens with one attached hydrogen (secondary N) is 1. The topological polar surface area (TPSA) is 70.5 Å². The Bertz CT molecular complexity index is 910. The molecule has 1 aliphatic rings. The zero-order chi connectivity index (χ0) is 19.6. The molecular weight excluding hydrogens is 413 g/mol. The van der Waals surface area contributed by atoms with Crippen molar-refractivity contribution in [3.05, 3.63) is 49.8 Å². The van der Waals surface area contributed by atoms with Gasteiger partial charge in [-0.05, 0) is 12.1 Å². The van der Waals surface area contributed by atoms with Crippen LogP contribution >= 0.6 is 34.8 Å². The maximum absolute atomic E-state index is 12.3. The van der Waals surface area contributed by atoms with Gasteiger partial charge in [-0.1, -0.05) is 40.9 Å². The third kappa shape index (κ3) is 4.55. The minimum absolute atomic E-state index is 0.161. The fourth-order valence-corrected chi connectivity index (χ4v) is 3.50. The Morgan fingerprint density at radius 2 is 1.85 bits per heavy atom. The van der Waals surface area contributed by atoms with Gasteiger partial charge in [0.2, 0.25) is 5.91 Å². The number of aryl methyl sites for hydroxylation is 1. The lowest BCUT2D eigenvalue weighted by Crippen LogP contribution is -2.49. The number of benzene rings is 1. The van der Waals surface area contributed by atoms with E-state index in [0.717, 1.165) is 0 Å². The number of amides is 1. The van der Waals surface area contributed by atoms with Crippen LogP contribution in [0.15, 0.2) is 29.2 Å². The molecule has 144 valence electrons. The predicted molar refractivity (Wildman–Crippen MR) is 108 cm³/mol. The van der Waals surface area contributed by atoms with Crippen molar-refractivity contribution < 1.29 is 4.79 Å². The van der Waals surface area contributed by atoms with Gasteiger partial charge in [-0.3, -0.25) is 14.5 Å². The van der Waals surface area contributed by atoms with Gasteiger partial charge >= 0.3 is 0 Å². The Kier molecular flexibility index (Phi) is 6.26. The van der Waals surface area contributed by atoms with E-state index in [1.807, 2.05) is 9.80 Å². The van der Waals surface area contributed by atoms with Gasteiger partial charge in [0.25, 0.3) is 5.56 Å². The van der Waals surface area contributed by atoms with Crippen LogP contribution in [0.5, 0.6) is 0 Å². The summed E-state index contributed by atoms with van der Waals surface area (Å²) in [6.45, 7) is 2.82. The molecule has 1 N–H and O–H groups in total. The van der Waals surface area contributed by atoms with Crippen LogP contribution in [0.4, 0.5) is 11.4 Å². The van der Waals surface area contributed by atoms with Gasteiger partial charge in [0.15, 0.2) is 0 Å². The molecule has 1 amide bonds. The summed E-state index contributed by atoms with van der Waals surface area (Å²) in [5, 5.41) is 7.68. The average molecular weight is 431 g/mol. The molecule has 0 unspecified atom stereocenters. The van der Waals surface area contributed by atoms with Gasteiger partial charge in [-0.15, -0.1) is 0 Å². The highest BCUT2D eigenvalue weighted by atomic mass is 35.5. The Morgan fingerprint density at radius 1 is 1.15 bits per heavy atom. The van der Waals surface area contributed by atoms with Crippen LogP contribution in [0, 0.1) is 0 Å². The summed E-state index contributed by atoms with van der Waals surface area (Å²) in [5.41, 5.74) is 0.787. The minimum Gasteiger partial charge on any atom is -0.366 e. The van der Waals surface area contributed by atoms with Crippen LogP contribution in [-0.2, 0) is 11.8 Å². The Morgan fingerprint density at radius 3 is 2.56 bits per heavy atom. The summed E-state index contributed by atoms with van der Waals surface area (Å²) in [7, 11) is 1.56. The smallest absolute Gasteiger partial charge is 0.287 e. The van der Waals surface area contributed by atoms with Crippen LogP contribution in [0.3, 0.4) is 0 Å². The molecule has 27 heavy (non-hydrogen) atoms. The van der Waals surface area contributed by atoms with Crippen LogP contribution in [0.1, 0.15) is 0 Å². The minimum atomic E-state index is -0.325. The zero-order valence-corrected chi connectivity index (χ0v) is 16.9. The van der Waals surface area contributed by atoms with E-state index in [2.05, 4.69) is 10.4 Å². The fraction of sp³-hybridized carbons (Fsp3) is 0.353. The third-order valence-electron chi connectivity index (χ3n) is 4.37. The largest absolute Gasteiger partial charge is 0.366 e. The first-order valence-electron chi connectivity index (χ1n) is 8.30. The maximum atomic E-state index is 12.3. The van der Waals surface area contributed by atoms with Crippen LogP contribution in [-0.4, -0.2) is 53.3 Å². The third-order valence-corrected chi connectivity index (χ3v) is 5.54. The van der Waals surface area contributed by atoms with E-state index in [1.54, 1.807) is 31.4 Å². The first kappa shape index (κ1) is 19.9. The monoisotopic (exact) mass is 429 g/mol. The summed E-state index contributed by atoms with van der Waals surface area (Å²) in [6, 6.07) is 5.09. The van der Waals surface area contributed by atoms with E-state index < -0.39 is 0 Å². The Labute approximate surface area is 171 Å². The molecule has 7 nitrogen and oxygen atoms in total. The average Bonchev–Trinajstić information content (AvgIpc) is 2.65. The lowest BCUT2D eigenvalue weighted by molar-refractivity contribution is -0.117. The molecule has 0 atom stereocenters. The number of nitrogens with zero attached hydrogens (tertiary/aromatic N) is 4. The second-order valence-electron chi connectivity index (χ2n) is 6.19. The molecule has 1 fully saturated rings. The van der Waals surface area contributed by atoms with Crippen LogP contribution in [0.25, 0.3) is 0 Å². The number of rotatable bonds is 4. The fourth-order valence-electron chi connectivity index (χ4n) is 2.86. The maximum Gasteiger partial charge on any atom is 0.287 e. The summed E-state index contributed by atoms with van der Waals surface area (Å²) in [4.78, 5) is 28.2. The van der Waals surface area contributed by atoms with Crippen molar-refractivity contribution in [2.45, 2.75) is 0 Å². The number of anilines is 2. The normalized spacial score (nSPS) is 15.0. The van der Waals surface area contributed by atoms with Crippen LogP contribution < -0.4 is 15.8 Å². The predicted octanol–water partition coefficient (Wildman–Crippen LogP) is 2.50. The van der Waals surface area contributed by atoms with Gasteiger partial charge in [0, 0.05) is 33.2 Å². The van der Waals surface area contributed by atoms with Gasteiger partial charge < -0.3 is 10.2 Å². The number of carbonyl (C=O) groups excluding carboxylic acids is 1. The van der Waals surface area contributed by atoms with E-state index in [4.69, 9.17) is 34.8 Å². The summed E-state index contributed by atoms with van der Waals surface area (Å²) in [6.07, 6.45) is 1.59. The molecule has 0 bridgehead atoms. The quantitative estimate of drug-likeness (QED) is 0.807. The van der Waals surface area contributed by atoms with Crippen molar-refractivity contribution in [2.75, 3.05) is 42.9 Å². The number of hydrogen-bond acceptors (Lipinski definition) is 5. The SMILES string of the molecule is Cn1ncc(N2CCN(CC(=O)Nc3cccc(Cl)c3Cl)CC2)c(Cl)c1=O. The van der Waals surface area contributed by atoms with E-state index in [1.165, 1.54) is 4.68 Å². The molecule has 0 saturated carbocycles. The molecule has 1 aromatic carbocycles. The van der Waals surface area contributed by atoms with Crippen molar-refractivity contribution in [1.82, 2.24) is 14.7 Å². The van der Waals surface area contributed by atoms with Crippen molar-refractivity contribution in [3.63, 3.8) is 0 Å². The van der Waals surface area contributed by atoms with Crippen LogP contribution in [0.2, 0.25) is 15.1 Å². The first-order valence-corrected chi connectivity index (χ1v) is 9.43. The van der Waals surface area contributed by atoms with Crippen molar-refractivity contribution in [3.8, 4) is 0 Å². The molecule has 1 aliphatic heterocycles. The second-order valence-corrected chi connectivity index (χ2v) is 7.35. The van der Waals surface area contributed by atoms with Gasteiger partial charge in [0.05, 0.1) is 34.2 Å². The van der Waals surface area contributed by atoms with Gasteiger partial charge in [0.1, 0.15) is 5.02 Å². The molecule has 2 aromatic rings. The first-order chi connectivity index (χ1) is 12.9. The van der Waals surface area contributed by atoms with Gasteiger partial charge in [-0.2, -0.15) is 5.10 Å². The molecule has 0 spiro atoms. The molecule has 2 heterocycles. The Balaban J connectivity index is 1.57.